The molecule has 1 N–H and O–H groups in total. The SMILES string of the molecule is Cc1ccc(C(C)CN2C(=O)N[C@@H](C(C)C)C2=O)cc1. The second-order valence-corrected chi connectivity index (χ2v) is 5.93. The highest BCUT2D eigenvalue weighted by molar-refractivity contribution is 6.04. The van der Waals surface area contributed by atoms with Crippen LogP contribution in [0.5, 0.6) is 0 Å². The summed E-state index contributed by atoms with van der Waals surface area (Å²) in [7, 11) is 0. The van der Waals surface area contributed by atoms with Crippen molar-refractivity contribution in [2.24, 2.45) is 5.92 Å². The molecule has 0 saturated carbocycles. The number of urea groups is 1. The Morgan fingerprint density at radius 1 is 1.15 bits per heavy atom. The summed E-state index contributed by atoms with van der Waals surface area (Å²) in [4.78, 5) is 25.5. The lowest BCUT2D eigenvalue weighted by Gasteiger charge is -2.19. The Kier molecular flexibility index (Phi) is 4.12. The third kappa shape index (κ3) is 2.84. The lowest BCUT2D eigenvalue weighted by Crippen LogP contribution is -2.36. The van der Waals surface area contributed by atoms with E-state index in [-0.39, 0.29) is 29.8 Å². The first kappa shape index (κ1) is 14.6. The van der Waals surface area contributed by atoms with Crippen molar-refractivity contribution in [2.45, 2.75) is 39.7 Å². The first-order valence-corrected chi connectivity index (χ1v) is 7.08. The van der Waals surface area contributed by atoms with Gasteiger partial charge in [-0.3, -0.25) is 9.69 Å². The fraction of sp³-hybridized carbons (Fsp3) is 0.500. The Morgan fingerprint density at radius 3 is 2.25 bits per heavy atom. The van der Waals surface area contributed by atoms with Crippen LogP contribution in [0.25, 0.3) is 0 Å². The third-order valence-corrected chi connectivity index (χ3v) is 3.83. The van der Waals surface area contributed by atoms with Crippen LogP contribution in [-0.2, 0) is 4.79 Å². The second kappa shape index (κ2) is 5.65. The first-order chi connectivity index (χ1) is 9.40. The molecule has 0 radical (unpaired) electrons. The van der Waals surface area contributed by atoms with Gasteiger partial charge < -0.3 is 5.32 Å². The van der Waals surface area contributed by atoms with E-state index in [1.165, 1.54) is 10.5 Å². The van der Waals surface area contributed by atoms with Crippen molar-refractivity contribution in [2.75, 3.05) is 6.54 Å². The molecule has 0 bridgehead atoms. The van der Waals surface area contributed by atoms with Crippen LogP contribution in [0.1, 0.15) is 37.8 Å². The van der Waals surface area contributed by atoms with Gasteiger partial charge in [0.25, 0.3) is 5.91 Å². The zero-order valence-corrected chi connectivity index (χ0v) is 12.5. The molecule has 108 valence electrons. The van der Waals surface area contributed by atoms with E-state index in [9.17, 15) is 9.59 Å². The molecular weight excluding hydrogens is 252 g/mol. The van der Waals surface area contributed by atoms with Crippen molar-refractivity contribution in [1.29, 1.82) is 0 Å². The van der Waals surface area contributed by atoms with E-state index in [0.717, 1.165) is 5.56 Å². The van der Waals surface area contributed by atoms with Crippen molar-refractivity contribution < 1.29 is 9.59 Å². The smallest absolute Gasteiger partial charge is 0.324 e. The quantitative estimate of drug-likeness (QED) is 0.858. The molecule has 1 aromatic rings. The standard InChI is InChI=1S/C16H22N2O2/c1-10(2)14-15(19)18(16(20)17-14)9-12(4)13-7-5-11(3)6-8-13/h5-8,10,12,14H,9H2,1-4H3,(H,17,20)/t12?,14-/m0/s1. The normalized spacial score (nSPS) is 20.4. The molecule has 1 saturated heterocycles. The molecule has 1 aliphatic rings. The van der Waals surface area contributed by atoms with Gasteiger partial charge in [0.15, 0.2) is 0 Å². The first-order valence-electron chi connectivity index (χ1n) is 7.08. The Balaban J connectivity index is 2.08. The van der Waals surface area contributed by atoms with Gasteiger partial charge in [-0.2, -0.15) is 0 Å². The fourth-order valence-corrected chi connectivity index (χ4v) is 2.44. The summed E-state index contributed by atoms with van der Waals surface area (Å²) in [5.74, 6) is 0.145. The number of aryl methyl sites for hydroxylation is 1. The summed E-state index contributed by atoms with van der Waals surface area (Å²) in [6, 6.07) is 7.56. The number of rotatable bonds is 4. The van der Waals surface area contributed by atoms with Crippen LogP contribution >= 0.6 is 0 Å². The fourth-order valence-electron chi connectivity index (χ4n) is 2.44. The summed E-state index contributed by atoms with van der Waals surface area (Å²) in [6.07, 6.45) is 0. The van der Waals surface area contributed by atoms with Crippen LogP contribution in [0.4, 0.5) is 4.79 Å². The van der Waals surface area contributed by atoms with Crippen molar-refractivity contribution in [3.63, 3.8) is 0 Å². The third-order valence-electron chi connectivity index (χ3n) is 3.83. The highest BCUT2D eigenvalue weighted by Gasteiger charge is 2.39. The maximum atomic E-state index is 12.2. The van der Waals surface area contributed by atoms with Gasteiger partial charge in [-0.25, -0.2) is 4.79 Å². The number of amides is 3. The van der Waals surface area contributed by atoms with E-state index >= 15 is 0 Å². The van der Waals surface area contributed by atoms with Crippen molar-refractivity contribution in [3.05, 3.63) is 35.4 Å². The van der Waals surface area contributed by atoms with Crippen LogP contribution in [0.3, 0.4) is 0 Å². The average molecular weight is 274 g/mol. The second-order valence-electron chi connectivity index (χ2n) is 5.93. The van der Waals surface area contributed by atoms with Crippen molar-refractivity contribution in [3.8, 4) is 0 Å². The number of carbonyl (C=O) groups excluding carboxylic acids is 2. The van der Waals surface area contributed by atoms with E-state index < -0.39 is 0 Å². The van der Waals surface area contributed by atoms with Gasteiger partial charge >= 0.3 is 6.03 Å². The topological polar surface area (TPSA) is 49.4 Å². The molecule has 2 atom stereocenters. The van der Waals surface area contributed by atoms with Crippen LogP contribution in [0.2, 0.25) is 0 Å². The largest absolute Gasteiger partial charge is 0.326 e. The van der Waals surface area contributed by atoms with Gasteiger partial charge in [0, 0.05) is 6.54 Å². The van der Waals surface area contributed by atoms with Crippen LogP contribution in [0.15, 0.2) is 24.3 Å². The molecule has 20 heavy (non-hydrogen) atoms. The molecule has 0 spiro atoms. The molecule has 1 unspecified atom stereocenters. The minimum absolute atomic E-state index is 0.107. The maximum Gasteiger partial charge on any atom is 0.324 e. The molecule has 0 aliphatic carbocycles. The molecule has 1 heterocycles. The summed E-state index contributed by atoms with van der Waals surface area (Å²) in [6.45, 7) is 8.38. The number of hydrogen-bond acceptors (Lipinski definition) is 2. The van der Waals surface area contributed by atoms with E-state index in [0.29, 0.717) is 6.54 Å². The van der Waals surface area contributed by atoms with Crippen LogP contribution in [0, 0.1) is 12.8 Å². The number of nitrogens with one attached hydrogen (secondary N) is 1. The number of imide groups is 1. The molecule has 4 nitrogen and oxygen atoms in total. The minimum Gasteiger partial charge on any atom is -0.326 e. The van der Waals surface area contributed by atoms with Crippen LogP contribution in [-0.4, -0.2) is 29.4 Å². The van der Waals surface area contributed by atoms with Gasteiger partial charge in [0.2, 0.25) is 0 Å². The predicted molar refractivity (Wildman–Crippen MR) is 78.5 cm³/mol. The number of carbonyl (C=O) groups is 2. The molecule has 4 heteroatoms. The maximum absolute atomic E-state index is 12.2. The van der Waals surface area contributed by atoms with E-state index in [2.05, 4.69) is 29.6 Å². The summed E-state index contributed by atoms with van der Waals surface area (Å²) < 4.78 is 0. The lowest BCUT2D eigenvalue weighted by molar-refractivity contribution is -0.128. The molecule has 3 amide bonds. The van der Waals surface area contributed by atoms with Gasteiger partial charge in [-0.1, -0.05) is 50.6 Å². The molecule has 1 aromatic carbocycles. The average Bonchev–Trinajstić information content (AvgIpc) is 2.67. The van der Waals surface area contributed by atoms with Crippen LogP contribution < -0.4 is 5.32 Å². The summed E-state index contributed by atoms with van der Waals surface area (Å²) in [5.41, 5.74) is 2.35. The molecule has 1 fully saturated rings. The number of nitrogens with zero attached hydrogens (tertiary/aromatic N) is 1. The Hall–Kier alpha value is -1.84. The molecule has 0 aromatic heterocycles. The number of hydrogen-bond donors (Lipinski definition) is 1. The lowest BCUT2D eigenvalue weighted by atomic mass is 9.99. The zero-order chi connectivity index (χ0) is 14.9. The summed E-state index contributed by atoms with van der Waals surface area (Å²) in [5, 5.41) is 2.76. The Morgan fingerprint density at radius 2 is 1.75 bits per heavy atom. The Labute approximate surface area is 120 Å². The van der Waals surface area contributed by atoms with Gasteiger partial charge in [-0.15, -0.1) is 0 Å². The number of benzene rings is 1. The van der Waals surface area contributed by atoms with Crippen molar-refractivity contribution in [1.82, 2.24) is 10.2 Å². The minimum atomic E-state index is -0.382. The monoisotopic (exact) mass is 274 g/mol. The van der Waals surface area contributed by atoms with E-state index in [1.807, 2.05) is 27.7 Å². The highest BCUT2D eigenvalue weighted by atomic mass is 16.2. The van der Waals surface area contributed by atoms with Gasteiger partial charge in [0.05, 0.1) is 0 Å². The van der Waals surface area contributed by atoms with E-state index in [4.69, 9.17) is 0 Å². The Bertz CT molecular complexity index is 508. The predicted octanol–water partition coefficient (Wildman–Crippen LogP) is 2.67. The molecule has 2 rings (SSSR count). The highest BCUT2D eigenvalue weighted by Crippen LogP contribution is 2.21. The molecular formula is C16H22N2O2. The van der Waals surface area contributed by atoms with Gasteiger partial charge in [0.1, 0.15) is 6.04 Å². The zero-order valence-electron chi connectivity index (χ0n) is 12.5. The molecule has 1 aliphatic heterocycles. The summed E-state index contributed by atoms with van der Waals surface area (Å²) >= 11 is 0. The van der Waals surface area contributed by atoms with Crippen molar-refractivity contribution >= 4 is 11.9 Å². The van der Waals surface area contributed by atoms with Gasteiger partial charge in [-0.05, 0) is 24.3 Å². The van der Waals surface area contributed by atoms with E-state index in [1.54, 1.807) is 0 Å².